The van der Waals surface area contributed by atoms with Crippen molar-refractivity contribution >= 4 is 34.2 Å². The van der Waals surface area contributed by atoms with Gasteiger partial charge in [0, 0.05) is 37.1 Å². The average Bonchev–Trinajstić information content (AvgIpc) is 3.35. The Kier molecular flexibility index (Phi) is 5.29. The third kappa shape index (κ3) is 3.62. The quantitative estimate of drug-likeness (QED) is 0.474. The van der Waals surface area contributed by atoms with E-state index in [0.717, 1.165) is 6.07 Å². The maximum absolute atomic E-state index is 15.5. The van der Waals surface area contributed by atoms with E-state index in [2.05, 4.69) is 19.9 Å². The molecule has 2 aromatic carbocycles. The van der Waals surface area contributed by atoms with Crippen molar-refractivity contribution in [3.63, 3.8) is 0 Å². The Bertz CT molecular complexity index is 1340. The molecule has 1 aliphatic heterocycles. The van der Waals surface area contributed by atoms with Crippen molar-refractivity contribution < 1.29 is 18.7 Å². The van der Waals surface area contributed by atoms with Gasteiger partial charge in [0.05, 0.1) is 23.1 Å². The van der Waals surface area contributed by atoms with E-state index in [4.69, 9.17) is 11.6 Å². The lowest BCUT2D eigenvalue weighted by atomic mass is 10.0. The van der Waals surface area contributed by atoms with E-state index in [0.29, 0.717) is 43.1 Å². The number of carbonyl (C=O) groups is 1. The number of aromatic amines is 1. The van der Waals surface area contributed by atoms with E-state index in [1.807, 2.05) is 4.90 Å². The minimum atomic E-state index is -0.852. The molecule has 33 heavy (non-hydrogen) atoms. The number of amides is 1. The number of carbonyl (C=O) groups excluding carboxylic acids is 1. The highest BCUT2D eigenvalue weighted by Crippen LogP contribution is 2.42. The standard InChI is InChI=1S/C22H17ClF2N6O2/c23-13-8-12-20(19(25)17(13)18-14(24)2-1-3-16(18)32)28-11-29-21(12)30-4-6-31(7-5-30)22(33)15-9-26-10-27-15/h1-3,8-11,32H,4-7H2,(H,26,27). The number of aromatic nitrogens is 4. The Morgan fingerprint density at radius 3 is 2.61 bits per heavy atom. The predicted molar refractivity (Wildman–Crippen MR) is 118 cm³/mol. The second kappa shape index (κ2) is 8.28. The summed E-state index contributed by atoms with van der Waals surface area (Å²) in [5.74, 6) is -1.78. The summed E-state index contributed by atoms with van der Waals surface area (Å²) in [5, 5.41) is 10.4. The number of hydrogen-bond acceptors (Lipinski definition) is 6. The van der Waals surface area contributed by atoms with Gasteiger partial charge in [-0.3, -0.25) is 4.79 Å². The first-order valence-corrected chi connectivity index (χ1v) is 10.5. The number of benzene rings is 2. The number of imidazole rings is 1. The van der Waals surface area contributed by atoms with Gasteiger partial charge in [-0.2, -0.15) is 0 Å². The molecule has 4 aromatic rings. The van der Waals surface area contributed by atoms with Crippen LogP contribution in [0.1, 0.15) is 10.5 Å². The number of fused-ring (bicyclic) bond motifs is 1. The summed E-state index contributed by atoms with van der Waals surface area (Å²) >= 11 is 6.37. The maximum Gasteiger partial charge on any atom is 0.272 e. The number of aromatic hydroxyl groups is 1. The van der Waals surface area contributed by atoms with Crippen molar-refractivity contribution in [2.45, 2.75) is 0 Å². The third-order valence-corrected chi connectivity index (χ3v) is 5.93. The molecule has 1 aliphatic rings. The van der Waals surface area contributed by atoms with Crippen LogP contribution >= 0.6 is 11.6 Å². The number of rotatable bonds is 3. The lowest BCUT2D eigenvalue weighted by molar-refractivity contribution is 0.0741. The van der Waals surface area contributed by atoms with E-state index in [9.17, 15) is 14.3 Å². The molecule has 0 bridgehead atoms. The largest absolute Gasteiger partial charge is 0.507 e. The molecular weight excluding hydrogens is 454 g/mol. The topological polar surface area (TPSA) is 98.2 Å². The normalized spacial score (nSPS) is 14.2. The average molecular weight is 471 g/mol. The first kappa shape index (κ1) is 21.1. The molecular formula is C22H17ClF2N6O2. The van der Waals surface area contributed by atoms with Crippen LogP contribution in [0.3, 0.4) is 0 Å². The summed E-state index contributed by atoms with van der Waals surface area (Å²) in [7, 11) is 0. The Morgan fingerprint density at radius 2 is 1.91 bits per heavy atom. The van der Waals surface area contributed by atoms with Crippen LogP contribution in [0.4, 0.5) is 14.6 Å². The molecule has 2 aromatic heterocycles. The minimum absolute atomic E-state index is 0.0435. The summed E-state index contributed by atoms with van der Waals surface area (Å²) in [6, 6.07) is 5.16. The van der Waals surface area contributed by atoms with Crippen molar-refractivity contribution in [3.05, 3.63) is 65.5 Å². The van der Waals surface area contributed by atoms with Crippen molar-refractivity contribution in [1.82, 2.24) is 24.8 Å². The van der Waals surface area contributed by atoms with Crippen LogP contribution in [0.15, 0.2) is 43.1 Å². The van der Waals surface area contributed by atoms with Crippen LogP contribution in [0.5, 0.6) is 5.75 Å². The highest BCUT2D eigenvalue weighted by Gasteiger charge is 2.27. The van der Waals surface area contributed by atoms with E-state index in [1.54, 1.807) is 4.90 Å². The van der Waals surface area contributed by atoms with E-state index < -0.39 is 17.4 Å². The van der Waals surface area contributed by atoms with Gasteiger partial charge < -0.3 is 19.9 Å². The molecule has 0 unspecified atom stereocenters. The molecule has 3 heterocycles. The number of halogens is 3. The van der Waals surface area contributed by atoms with Gasteiger partial charge >= 0.3 is 0 Å². The molecule has 168 valence electrons. The summed E-state index contributed by atoms with van der Waals surface area (Å²) in [4.78, 5) is 31.2. The number of nitrogens with zero attached hydrogens (tertiary/aromatic N) is 5. The van der Waals surface area contributed by atoms with Gasteiger partial charge in [-0.15, -0.1) is 0 Å². The number of piperazine rings is 1. The van der Waals surface area contributed by atoms with E-state index >= 15 is 4.39 Å². The summed E-state index contributed by atoms with van der Waals surface area (Å²) in [5.41, 5.74) is -0.223. The molecule has 1 amide bonds. The van der Waals surface area contributed by atoms with Crippen molar-refractivity contribution in [3.8, 4) is 16.9 Å². The summed E-state index contributed by atoms with van der Waals surface area (Å²) in [6.45, 7) is 1.78. The molecule has 1 fully saturated rings. The lowest BCUT2D eigenvalue weighted by Gasteiger charge is -2.35. The Hall–Kier alpha value is -3.79. The molecule has 1 saturated heterocycles. The molecule has 0 atom stereocenters. The lowest BCUT2D eigenvalue weighted by Crippen LogP contribution is -2.49. The van der Waals surface area contributed by atoms with Crippen molar-refractivity contribution in [1.29, 1.82) is 0 Å². The molecule has 0 aliphatic carbocycles. The second-order valence-corrected chi connectivity index (χ2v) is 7.93. The molecule has 0 spiro atoms. The second-order valence-electron chi connectivity index (χ2n) is 7.52. The van der Waals surface area contributed by atoms with Crippen LogP contribution in [-0.2, 0) is 0 Å². The number of phenols is 1. The highest BCUT2D eigenvalue weighted by molar-refractivity contribution is 6.34. The molecule has 2 N–H and O–H groups in total. The van der Waals surface area contributed by atoms with Crippen LogP contribution in [0.25, 0.3) is 22.0 Å². The SMILES string of the molecule is O=C(c1cnc[nH]1)N1CCN(c2ncnc3c(F)c(-c4c(O)cccc4F)c(Cl)cc23)CC1. The highest BCUT2D eigenvalue weighted by atomic mass is 35.5. The van der Waals surface area contributed by atoms with Gasteiger partial charge in [0.15, 0.2) is 5.82 Å². The van der Waals surface area contributed by atoms with Crippen molar-refractivity contribution in [2.24, 2.45) is 0 Å². The van der Waals surface area contributed by atoms with Crippen LogP contribution < -0.4 is 4.90 Å². The smallest absolute Gasteiger partial charge is 0.272 e. The third-order valence-electron chi connectivity index (χ3n) is 5.64. The van der Waals surface area contributed by atoms with Gasteiger partial charge in [-0.05, 0) is 18.2 Å². The number of anilines is 1. The van der Waals surface area contributed by atoms with Gasteiger partial charge in [0.25, 0.3) is 5.91 Å². The minimum Gasteiger partial charge on any atom is -0.507 e. The summed E-state index contributed by atoms with van der Waals surface area (Å²) < 4.78 is 29.9. The zero-order chi connectivity index (χ0) is 23.1. The Labute approximate surface area is 191 Å². The van der Waals surface area contributed by atoms with Crippen LogP contribution in [0, 0.1) is 11.6 Å². The fraction of sp³-hybridized carbons (Fsp3) is 0.182. The Balaban J connectivity index is 1.49. The molecule has 5 rings (SSSR count). The molecule has 11 heteroatoms. The van der Waals surface area contributed by atoms with Crippen molar-refractivity contribution in [2.75, 3.05) is 31.1 Å². The van der Waals surface area contributed by atoms with Gasteiger partial charge in [-0.25, -0.2) is 23.7 Å². The first-order chi connectivity index (χ1) is 16.0. The number of H-pyrrole nitrogens is 1. The predicted octanol–water partition coefficient (Wildman–Crippen LogP) is 3.62. The first-order valence-electron chi connectivity index (χ1n) is 10.1. The maximum atomic E-state index is 15.5. The molecule has 0 saturated carbocycles. The number of phenolic OH excluding ortho intramolecular Hbond substituents is 1. The van der Waals surface area contributed by atoms with E-state index in [1.165, 1.54) is 37.1 Å². The van der Waals surface area contributed by atoms with E-state index in [-0.39, 0.29) is 27.6 Å². The monoisotopic (exact) mass is 470 g/mol. The Morgan fingerprint density at radius 1 is 1.12 bits per heavy atom. The number of nitrogens with one attached hydrogen (secondary N) is 1. The summed E-state index contributed by atoms with van der Waals surface area (Å²) in [6.07, 6.45) is 4.15. The molecule has 8 nitrogen and oxygen atoms in total. The number of hydrogen-bond donors (Lipinski definition) is 2. The molecule has 0 radical (unpaired) electrons. The zero-order valence-corrected chi connectivity index (χ0v) is 17.9. The zero-order valence-electron chi connectivity index (χ0n) is 17.1. The van der Waals surface area contributed by atoms with Crippen LogP contribution in [-0.4, -0.2) is 62.0 Å². The van der Waals surface area contributed by atoms with Crippen LogP contribution in [0.2, 0.25) is 5.02 Å². The fourth-order valence-electron chi connectivity index (χ4n) is 4.02. The van der Waals surface area contributed by atoms with Gasteiger partial charge in [0.1, 0.15) is 34.9 Å². The fourth-order valence-corrected chi connectivity index (χ4v) is 4.31. The van der Waals surface area contributed by atoms with Gasteiger partial charge in [-0.1, -0.05) is 17.7 Å². The van der Waals surface area contributed by atoms with Gasteiger partial charge in [0.2, 0.25) is 0 Å².